The van der Waals surface area contributed by atoms with Crippen LogP contribution in [-0.2, 0) is 6.42 Å². The lowest BCUT2D eigenvalue weighted by atomic mass is 9.91. The van der Waals surface area contributed by atoms with Gasteiger partial charge >= 0.3 is 6.09 Å². The Labute approximate surface area is 134 Å². The maximum absolute atomic E-state index is 10.5. The Hall–Kier alpha value is -2.05. The van der Waals surface area contributed by atoms with Crippen LogP contribution in [0.5, 0.6) is 0 Å². The van der Waals surface area contributed by atoms with E-state index in [1.807, 2.05) is 24.5 Å². The molecule has 2 heterocycles. The number of fused-ring (bicyclic) bond motifs is 1. The quantitative estimate of drug-likeness (QED) is 0.786. The molecule has 1 aliphatic heterocycles. The fourth-order valence-electron chi connectivity index (χ4n) is 3.11. The monoisotopic (exact) mass is 318 g/mol. The van der Waals surface area contributed by atoms with Crippen molar-refractivity contribution < 1.29 is 19.4 Å². The Morgan fingerprint density at radius 2 is 2.04 bits per heavy atom. The van der Waals surface area contributed by atoms with Crippen molar-refractivity contribution in [3.8, 4) is 0 Å². The number of hydrogen-bond acceptors (Lipinski definition) is 4. The molecule has 0 atom stereocenters. The van der Waals surface area contributed by atoms with Crippen molar-refractivity contribution in [1.82, 2.24) is 10.2 Å². The van der Waals surface area contributed by atoms with Crippen LogP contribution in [0.25, 0.3) is 11.0 Å². The summed E-state index contributed by atoms with van der Waals surface area (Å²) in [6.07, 6.45) is 2.80. The fourth-order valence-corrected chi connectivity index (χ4v) is 3.11. The Morgan fingerprint density at radius 1 is 1.30 bits per heavy atom. The van der Waals surface area contributed by atoms with Crippen molar-refractivity contribution in [3.63, 3.8) is 0 Å². The number of furan rings is 1. The van der Waals surface area contributed by atoms with Gasteiger partial charge in [0.05, 0.1) is 11.9 Å². The normalized spacial score (nSPS) is 18.1. The Bertz CT molecular complexity index is 674. The van der Waals surface area contributed by atoms with Crippen molar-refractivity contribution >= 4 is 17.1 Å². The molecule has 2 aromatic rings. The third kappa shape index (κ3) is 3.83. The minimum absolute atomic E-state index is 0.0997. The van der Waals surface area contributed by atoms with Crippen molar-refractivity contribution in [3.05, 3.63) is 36.1 Å². The van der Waals surface area contributed by atoms with Gasteiger partial charge in [-0.3, -0.25) is 0 Å². The summed E-state index contributed by atoms with van der Waals surface area (Å²) in [5.41, 5.74) is 1.20. The molecule has 0 bridgehead atoms. The molecule has 124 valence electrons. The topological polar surface area (TPSA) is 85.9 Å². The van der Waals surface area contributed by atoms with Crippen LogP contribution in [0.15, 0.2) is 34.9 Å². The highest BCUT2D eigenvalue weighted by molar-refractivity contribution is 5.80. The largest absolute Gasteiger partial charge is 0.465 e. The highest BCUT2D eigenvalue weighted by Gasteiger charge is 2.32. The maximum atomic E-state index is 10.5. The van der Waals surface area contributed by atoms with Crippen molar-refractivity contribution in [2.24, 2.45) is 0 Å². The van der Waals surface area contributed by atoms with Gasteiger partial charge in [0.1, 0.15) is 5.58 Å². The Kier molecular flexibility index (Phi) is 4.54. The van der Waals surface area contributed by atoms with E-state index in [9.17, 15) is 9.90 Å². The smallest absolute Gasteiger partial charge is 0.404 e. The number of rotatable bonds is 5. The molecular weight excluding hydrogens is 296 g/mol. The van der Waals surface area contributed by atoms with Crippen LogP contribution in [0.2, 0.25) is 0 Å². The Balaban J connectivity index is 1.50. The molecule has 1 aromatic heterocycles. The van der Waals surface area contributed by atoms with Crippen LogP contribution >= 0.6 is 0 Å². The number of amides is 1. The van der Waals surface area contributed by atoms with E-state index >= 15 is 0 Å². The third-order valence-corrected chi connectivity index (χ3v) is 4.61. The van der Waals surface area contributed by atoms with Gasteiger partial charge in [-0.05, 0) is 30.9 Å². The van der Waals surface area contributed by atoms with E-state index in [1.54, 1.807) is 0 Å². The molecule has 3 N–H and O–H groups in total. The first-order chi connectivity index (χ1) is 11.1. The lowest BCUT2D eigenvalue weighted by Crippen LogP contribution is -2.51. The molecule has 0 radical (unpaired) electrons. The zero-order valence-electron chi connectivity index (χ0n) is 13.0. The number of nitrogens with zero attached hydrogens (tertiary/aromatic N) is 1. The predicted octanol–water partition coefficient (Wildman–Crippen LogP) is 2.07. The van der Waals surface area contributed by atoms with E-state index in [0.717, 1.165) is 37.0 Å². The molecule has 23 heavy (non-hydrogen) atoms. The van der Waals surface area contributed by atoms with Crippen LogP contribution in [0, 0.1) is 0 Å². The lowest BCUT2D eigenvalue weighted by molar-refractivity contribution is -0.0186. The summed E-state index contributed by atoms with van der Waals surface area (Å²) < 4.78 is 5.55. The van der Waals surface area contributed by atoms with Crippen LogP contribution < -0.4 is 5.32 Å². The number of benzene rings is 1. The van der Waals surface area contributed by atoms with E-state index in [0.29, 0.717) is 12.8 Å². The van der Waals surface area contributed by atoms with E-state index in [2.05, 4.69) is 16.3 Å². The minimum Gasteiger partial charge on any atom is -0.465 e. The maximum Gasteiger partial charge on any atom is 0.404 e. The van der Waals surface area contributed by atoms with Gasteiger partial charge in [-0.1, -0.05) is 18.2 Å². The van der Waals surface area contributed by atoms with Crippen LogP contribution in [0.1, 0.15) is 18.4 Å². The van der Waals surface area contributed by atoms with E-state index < -0.39 is 11.7 Å². The first-order valence-electron chi connectivity index (χ1n) is 7.92. The van der Waals surface area contributed by atoms with Gasteiger partial charge in [0.15, 0.2) is 0 Å². The number of nitrogens with one attached hydrogen (secondary N) is 1. The molecule has 6 heteroatoms. The molecule has 3 rings (SSSR count). The minimum atomic E-state index is -1.09. The number of carbonyl (C=O) groups is 1. The van der Waals surface area contributed by atoms with Crippen molar-refractivity contribution in [2.75, 3.05) is 26.2 Å². The predicted molar refractivity (Wildman–Crippen MR) is 86.6 cm³/mol. The first-order valence-corrected chi connectivity index (χ1v) is 7.92. The lowest BCUT2D eigenvalue weighted by Gasteiger charge is -2.38. The summed E-state index contributed by atoms with van der Waals surface area (Å²) in [6.45, 7) is 2.55. The summed E-state index contributed by atoms with van der Waals surface area (Å²) in [5, 5.41) is 22.4. The number of carboxylic acid groups (broad SMARTS) is 1. The van der Waals surface area contributed by atoms with Crippen LogP contribution in [0.3, 0.4) is 0 Å². The third-order valence-electron chi connectivity index (χ3n) is 4.61. The second-order valence-corrected chi connectivity index (χ2v) is 6.23. The highest BCUT2D eigenvalue weighted by atomic mass is 16.4. The molecule has 0 saturated carbocycles. The Morgan fingerprint density at radius 3 is 2.78 bits per heavy atom. The van der Waals surface area contributed by atoms with E-state index in [1.165, 1.54) is 5.56 Å². The van der Waals surface area contributed by atoms with Crippen LogP contribution in [0.4, 0.5) is 4.79 Å². The molecule has 0 unspecified atom stereocenters. The van der Waals surface area contributed by atoms with Gasteiger partial charge in [-0.2, -0.15) is 0 Å². The first kappa shape index (κ1) is 15.8. The fraction of sp³-hybridized carbons (Fsp3) is 0.471. The molecule has 0 aliphatic carbocycles. The second-order valence-electron chi connectivity index (χ2n) is 6.23. The molecule has 1 aromatic carbocycles. The molecule has 0 spiro atoms. The van der Waals surface area contributed by atoms with E-state index in [4.69, 9.17) is 9.52 Å². The average molecular weight is 318 g/mol. The average Bonchev–Trinajstić information content (AvgIpc) is 2.96. The van der Waals surface area contributed by atoms with Crippen LogP contribution in [-0.4, -0.2) is 53.0 Å². The van der Waals surface area contributed by atoms with E-state index in [-0.39, 0.29) is 6.54 Å². The zero-order valence-corrected chi connectivity index (χ0v) is 13.0. The van der Waals surface area contributed by atoms with Gasteiger partial charge in [-0.15, -0.1) is 0 Å². The zero-order chi connectivity index (χ0) is 16.3. The standard InChI is InChI=1S/C17H22N2O4/c20-16(21)18-12-17(22)6-9-19(10-7-17)8-5-13-11-23-15-4-2-1-3-14(13)15/h1-4,11,18,22H,5-10,12H2,(H,20,21). The summed E-state index contributed by atoms with van der Waals surface area (Å²) >= 11 is 0. The molecular formula is C17H22N2O4. The number of hydrogen-bond donors (Lipinski definition) is 3. The molecule has 1 saturated heterocycles. The van der Waals surface area contributed by atoms with Gasteiger partial charge in [0.25, 0.3) is 0 Å². The van der Waals surface area contributed by atoms with Crippen molar-refractivity contribution in [1.29, 1.82) is 0 Å². The van der Waals surface area contributed by atoms with Gasteiger partial charge in [0, 0.05) is 31.6 Å². The van der Waals surface area contributed by atoms with Gasteiger partial charge in [-0.25, -0.2) is 4.79 Å². The molecule has 1 amide bonds. The number of para-hydroxylation sites is 1. The second kappa shape index (κ2) is 6.60. The molecule has 1 aliphatic rings. The van der Waals surface area contributed by atoms with Crippen molar-refractivity contribution in [2.45, 2.75) is 24.9 Å². The summed E-state index contributed by atoms with van der Waals surface area (Å²) in [7, 11) is 0. The summed E-state index contributed by atoms with van der Waals surface area (Å²) in [4.78, 5) is 12.9. The summed E-state index contributed by atoms with van der Waals surface area (Å²) in [5.74, 6) is 0. The SMILES string of the molecule is O=C(O)NCC1(O)CCN(CCc2coc3ccccc23)CC1. The molecule has 6 nitrogen and oxygen atoms in total. The van der Waals surface area contributed by atoms with Gasteiger partial charge in [0.2, 0.25) is 0 Å². The number of piperidine rings is 1. The highest BCUT2D eigenvalue weighted by Crippen LogP contribution is 2.24. The number of aliphatic hydroxyl groups is 1. The molecule has 1 fully saturated rings. The summed E-state index contributed by atoms with van der Waals surface area (Å²) in [6, 6.07) is 8.01. The number of likely N-dealkylation sites (tertiary alicyclic amines) is 1. The van der Waals surface area contributed by atoms with Gasteiger partial charge < -0.3 is 24.8 Å².